The van der Waals surface area contributed by atoms with Gasteiger partial charge >= 0.3 is 5.69 Å². The van der Waals surface area contributed by atoms with Crippen LogP contribution in [0.2, 0.25) is 0 Å². The van der Waals surface area contributed by atoms with Crippen molar-refractivity contribution < 1.29 is 0 Å². The lowest BCUT2D eigenvalue weighted by Gasteiger charge is -2.10. The van der Waals surface area contributed by atoms with Crippen LogP contribution in [-0.4, -0.2) is 19.5 Å². The Morgan fingerprint density at radius 1 is 1.15 bits per heavy atom. The number of hydrogen-bond donors (Lipinski definition) is 1. The second kappa shape index (κ2) is 4.41. The Hall–Kier alpha value is -2.76. The number of rotatable bonds is 1. The number of aromatic amines is 1. The summed E-state index contributed by atoms with van der Waals surface area (Å²) in [6.07, 6.45) is 1.60. The van der Waals surface area contributed by atoms with Crippen molar-refractivity contribution >= 4 is 11.0 Å². The van der Waals surface area contributed by atoms with Crippen LogP contribution in [0.1, 0.15) is 11.3 Å². The molecule has 0 amide bonds. The first kappa shape index (κ1) is 12.3. The smallest absolute Gasteiger partial charge is 0.273 e. The Balaban J connectivity index is 2.54. The van der Waals surface area contributed by atoms with E-state index in [1.54, 1.807) is 31.3 Å². The summed E-state index contributed by atoms with van der Waals surface area (Å²) in [7, 11) is 0. The Morgan fingerprint density at radius 3 is 2.70 bits per heavy atom. The lowest BCUT2D eigenvalue weighted by molar-refractivity contribution is 0.882. The summed E-state index contributed by atoms with van der Waals surface area (Å²) in [6, 6.07) is 7.03. The van der Waals surface area contributed by atoms with Crippen LogP contribution in [-0.2, 0) is 0 Å². The predicted molar refractivity (Wildman–Crippen MR) is 75.2 cm³/mol. The van der Waals surface area contributed by atoms with Crippen molar-refractivity contribution in [3.05, 3.63) is 62.6 Å². The van der Waals surface area contributed by atoms with Gasteiger partial charge in [-0.1, -0.05) is 6.07 Å². The van der Waals surface area contributed by atoms with Gasteiger partial charge in [-0.05, 0) is 37.6 Å². The van der Waals surface area contributed by atoms with Gasteiger partial charge < -0.3 is 0 Å². The minimum Gasteiger partial charge on any atom is -0.273 e. The van der Waals surface area contributed by atoms with Gasteiger partial charge in [0.25, 0.3) is 5.56 Å². The molecule has 1 N–H and O–H groups in total. The zero-order valence-corrected chi connectivity index (χ0v) is 11.0. The van der Waals surface area contributed by atoms with Crippen LogP contribution in [0.3, 0.4) is 0 Å². The summed E-state index contributed by atoms with van der Waals surface area (Å²) in [5, 5.41) is 0.361. The quantitative estimate of drug-likeness (QED) is 0.716. The molecule has 3 rings (SSSR count). The molecule has 6 nitrogen and oxygen atoms in total. The number of pyridine rings is 2. The molecule has 6 heteroatoms. The fourth-order valence-electron chi connectivity index (χ4n) is 2.12. The van der Waals surface area contributed by atoms with E-state index in [0.717, 1.165) is 11.3 Å². The Bertz CT molecular complexity index is 924. The highest BCUT2D eigenvalue weighted by Gasteiger charge is 2.13. The van der Waals surface area contributed by atoms with Crippen molar-refractivity contribution in [3.63, 3.8) is 0 Å². The average molecular weight is 268 g/mol. The van der Waals surface area contributed by atoms with Crippen molar-refractivity contribution in [1.82, 2.24) is 19.5 Å². The first-order chi connectivity index (χ1) is 9.58. The molecule has 0 atom stereocenters. The second-order valence-corrected chi connectivity index (χ2v) is 4.56. The number of aryl methyl sites for hydroxylation is 2. The van der Waals surface area contributed by atoms with Crippen molar-refractivity contribution in [2.75, 3.05) is 0 Å². The molecule has 20 heavy (non-hydrogen) atoms. The van der Waals surface area contributed by atoms with Crippen molar-refractivity contribution in [3.8, 4) is 5.82 Å². The van der Waals surface area contributed by atoms with Crippen molar-refractivity contribution in [2.24, 2.45) is 0 Å². The second-order valence-electron chi connectivity index (χ2n) is 4.56. The normalized spacial score (nSPS) is 10.9. The van der Waals surface area contributed by atoms with Gasteiger partial charge in [0, 0.05) is 11.9 Å². The third-order valence-corrected chi connectivity index (χ3v) is 3.09. The summed E-state index contributed by atoms with van der Waals surface area (Å²) in [5.74, 6) is 0.469. The van der Waals surface area contributed by atoms with Gasteiger partial charge in [0.05, 0.1) is 5.39 Å². The summed E-state index contributed by atoms with van der Waals surface area (Å²) in [4.78, 5) is 34.8. The first-order valence-corrected chi connectivity index (χ1v) is 6.12. The van der Waals surface area contributed by atoms with Crippen molar-refractivity contribution in [2.45, 2.75) is 13.8 Å². The third-order valence-electron chi connectivity index (χ3n) is 3.09. The molecule has 0 bridgehead atoms. The van der Waals surface area contributed by atoms with Crippen LogP contribution in [0.15, 0.2) is 40.1 Å². The fraction of sp³-hybridized carbons (Fsp3) is 0.143. The molecule has 3 aromatic heterocycles. The highest BCUT2D eigenvalue weighted by Crippen LogP contribution is 2.13. The van der Waals surface area contributed by atoms with Crippen LogP contribution in [0, 0.1) is 13.8 Å². The molecule has 100 valence electrons. The maximum atomic E-state index is 12.1. The van der Waals surface area contributed by atoms with E-state index in [4.69, 9.17) is 0 Å². The molecule has 0 aliphatic carbocycles. The topological polar surface area (TPSA) is 80.6 Å². The van der Waals surface area contributed by atoms with Gasteiger partial charge in [-0.25, -0.2) is 19.3 Å². The summed E-state index contributed by atoms with van der Waals surface area (Å²) >= 11 is 0. The molecule has 0 fully saturated rings. The van der Waals surface area contributed by atoms with Crippen LogP contribution < -0.4 is 11.2 Å². The van der Waals surface area contributed by atoms with Crippen LogP contribution in [0.25, 0.3) is 16.9 Å². The van der Waals surface area contributed by atoms with Crippen LogP contribution in [0.5, 0.6) is 0 Å². The number of nitrogens with zero attached hydrogens (tertiary/aromatic N) is 3. The third kappa shape index (κ3) is 1.82. The molecule has 0 spiro atoms. The Kier molecular flexibility index (Phi) is 2.71. The average Bonchev–Trinajstić information content (AvgIpc) is 2.40. The lowest BCUT2D eigenvalue weighted by Crippen LogP contribution is -2.30. The van der Waals surface area contributed by atoms with Gasteiger partial charge in [-0.2, -0.15) is 0 Å². The molecule has 0 unspecified atom stereocenters. The largest absolute Gasteiger partial charge is 0.335 e. The van der Waals surface area contributed by atoms with E-state index in [1.165, 1.54) is 4.57 Å². The van der Waals surface area contributed by atoms with Gasteiger partial charge in [0.15, 0.2) is 5.65 Å². The fourth-order valence-corrected chi connectivity index (χ4v) is 2.12. The van der Waals surface area contributed by atoms with E-state index in [9.17, 15) is 9.59 Å². The SMILES string of the molecule is Cc1ccc2c(=O)[nH]c(=O)n(-c3ncccc3C)c2n1. The molecule has 3 aromatic rings. The first-order valence-electron chi connectivity index (χ1n) is 6.12. The minimum absolute atomic E-state index is 0.320. The summed E-state index contributed by atoms with van der Waals surface area (Å²) < 4.78 is 1.33. The Morgan fingerprint density at radius 2 is 1.95 bits per heavy atom. The molecule has 0 saturated carbocycles. The standard InChI is InChI=1S/C14H12N4O2/c1-8-4-3-7-15-11(8)18-12-10(6-5-9(2)16-12)13(19)17-14(18)20/h3-7H,1-2H3,(H,17,19,20). The number of hydrogen-bond acceptors (Lipinski definition) is 4. The van der Waals surface area contributed by atoms with E-state index in [2.05, 4.69) is 15.0 Å². The molecular weight excluding hydrogens is 256 g/mol. The van der Waals surface area contributed by atoms with Gasteiger partial charge in [0.2, 0.25) is 0 Å². The summed E-state index contributed by atoms with van der Waals surface area (Å²) in [5.41, 5.74) is 0.890. The van der Waals surface area contributed by atoms with Crippen LogP contribution in [0.4, 0.5) is 0 Å². The number of aromatic nitrogens is 4. The molecular formula is C14H12N4O2. The number of nitrogens with one attached hydrogen (secondary N) is 1. The summed E-state index contributed by atoms with van der Waals surface area (Å²) in [6.45, 7) is 3.65. The Labute approximate surface area is 113 Å². The van der Waals surface area contributed by atoms with E-state index < -0.39 is 11.2 Å². The van der Waals surface area contributed by atoms with Gasteiger partial charge in [-0.15, -0.1) is 0 Å². The molecule has 0 aromatic carbocycles. The van der Waals surface area contributed by atoms with Crippen molar-refractivity contribution in [1.29, 1.82) is 0 Å². The number of fused-ring (bicyclic) bond motifs is 1. The molecule has 3 heterocycles. The monoisotopic (exact) mass is 268 g/mol. The molecule has 0 saturated heterocycles. The predicted octanol–water partition coefficient (Wildman–Crippen LogP) is 1.09. The molecule has 0 radical (unpaired) electrons. The molecule has 0 aliphatic heterocycles. The van der Waals surface area contributed by atoms with E-state index in [-0.39, 0.29) is 0 Å². The maximum Gasteiger partial charge on any atom is 0.335 e. The van der Waals surface area contributed by atoms with E-state index >= 15 is 0 Å². The molecule has 0 aliphatic rings. The zero-order chi connectivity index (χ0) is 14.3. The number of H-pyrrole nitrogens is 1. The van der Waals surface area contributed by atoms with Gasteiger partial charge in [0.1, 0.15) is 5.82 Å². The van der Waals surface area contributed by atoms with Gasteiger partial charge in [-0.3, -0.25) is 9.78 Å². The zero-order valence-electron chi connectivity index (χ0n) is 11.0. The highest BCUT2D eigenvalue weighted by molar-refractivity contribution is 5.75. The van der Waals surface area contributed by atoms with E-state index in [1.807, 2.05) is 13.0 Å². The van der Waals surface area contributed by atoms with E-state index in [0.29, 0.717) is 16.9 Å². The lowest BCUT2D eigenvalue weighted by atomic mass is 10.2. The highest BCUT2D eigenvalue weighted by atomic mass is 16.2. The van der Waals surface area contributed by atoms with Crippen LogP contribution >= 0.6 is 0 Å². The minimum atomic E-state index is -0.539. The maximum absolute atomic E-state index is 12.1.